The van der Waals surface area contributed by atoms with E-state index in [4.69, 9.17) is 4.74 Å². The van der Waals surface area contributed by atoms with Gasteiger partial charge in [0.05, 0.1) is 6.54 Å². The normalized spacial score (nSPS) is 13.2. The van der Waals surface area contributed by atoms with Crippen LogP contribution in [0.5, 0.6) is 0 Å². The average Bonchev–Trinajstić information content (AvgIpc) is 3.32. The Morgan fingerprint density at radius 2 is 1.89 bits per heavy atom. The largest absolute Gasteiger partial charge is 0.465 e. The first-order valence-electron chi connectivity index (χ1n) is 14.3. The highest BCUT2D eigenvalue weighted by Crippen LogP contribution is 2.28. The number of aromatic nitrogens is 2. The second-order valence-electron chi connectivity index (χ2n) is 12.3. The van der Waals surface area contributed by atoms with E-state index in [0.717, 1.165) is 11.1 Å². The third kappa shape index (κ3) is 9.03. The monoisotopic (exact) mass is 611 g/mol. The zero-order valence-electron chi connectivity index (χ0n) is 26.1. The minimum absolute atomic E-state index is 0.00918. The summed E-state index contributed by atoms with van der Waals surface area (Å²) in [6.07, 6.45) is 3.91. The summed E-state index contributed by atoms with van der Waals surface area (Å²) < 4.78 is 20.9. The van der Waals surface area contributed by atoms with Gasteiger partial charge in [0.1, 0.15) is 17.0 Å². The van der Waals surface area contributed by atoms with E-state index in [2.05, 4.69) is 36.4 Å². The second-order valence-corrected chi connectivity index (χ2v) is 12.3. The summed E-state index contributed by atoms with van der Waals surface area (Å²) in [6.45, 7) is 6.41. The molecule has 3 amide bonds. The van der Waals surface area contributed by atoms with Crippen LogP contribution in [0.4, 0.5) is 14.9 Å². The first-order chi connectivity index (χ1) is 20.6. The summed E-state index contributed by atoms with van der Waals surface area (Å²) in [4.78, 5) is 55.5. The number of benzene rings is 1. The van der Waals surface area contributed by atoms with Gasteiger partial charge < -0.3 is 34.9 Å². The van der Waals surface area contributed by atoms with Gasteiger partial charge in [-0.05, 0) is 66.6 Å². The topological polar surface area (TPSA) is 146 Å². The number of halogens is 1. The molecule has 12 heteroatoms. The fourth-order valence-corrected chi connectivity index (χ4v) is 4.99. The average molecular weight is 612 g/mol. The van der Waals surface area contributed by atoms with Crippen LogP contribution in [0.3, 0.4) is 0 Å². The lowest BCUT2D eigenvalue weighted by Gasteiger charge is -2.32. The summed E-state index contributed by atoms with van der Waals surface area (Å²) in [6, 6.07) is 7.80. The van der Waals surface area contributed by atoms with Gasteiger partial charge in [-0.1, -0.05) is 26.8 Å². The van der Waals surface area contributed by atoms with E-state index in [-0.39, 0.29) is 55.2 Å². The lowest BCUT2D eigenvalue weighted by molar-refractivity contribution is -0.124. The molecule has 0 aliphatic rings. The number of ether oxygens (including phenoxy) is 1. The summed E-state index contributed by atoms with van der Waals surface area (Å²) in [7, 11) is 4.63. The molecule has 3 rings (SSSR count). The molecule has 2 aromatic heterocycles. The fraction of sp³-hybridized carbons (Fsp3) is 0.438. The minimum atomic E-state index is -1.65. The van der Waals surface area contributed by atoms with Crippen molar-refractivity contribution in [2.45, 2.75) is 58.5 Å². The van der Waals surface area contributed by atoms with Gasteiger partial charge in [0.2, 0.25) is 5.91 Å². The number of anilines is 1. The molecule has 44 heavy (non-hydrogen) atoms. The number of carbonyl (C=O) groups is 3. The van der Waals surface area contributed by atoms with Gasteiger partial charge in [-0.2, -0.15) is 0 Å². The molecule has 3 aromatic rings. The molecule has 0 fully saturated rings. The molecule has 4 N–H and O–H groups in total. The zero-order chi connectivity index (χ0) is 32.7. The Balaban J connectivity index is 1.89. The summed E-state index contributed by atoms with van der Waals surface area (Å²) >= 11 is 0. The van der Waals surface area contributed by atoms with Crippen molar-refractivity contribution in [1.82, 2.24) is 19.8 Å². The van der Waals surface area contributed by atoms with Crippen LogP contribution in [-0.4, -0.2) is 70.8 Å². The minimum Gasteiger partial charge on any atom is -0.465 e. The molecular weight excluding hydrogens is 569 g/mol. The number of fused-ring (bicyclic) bond motifs is 1. The second kappa shape index (κ2) is 14.3. The maximum atomic E-state index is 14.4. The molecule has 0 bridgehead atoms. The van der Waals surface area contributed by atoms with E-state index >= 15 is 0 Å². The highest BCUT2D eigenvalue weighted by Gasteiger charge is 2.39. The highest BCUT2D eigenvalue weighted by molar-refractivity contribution is 5.99. The lowest BCUT2D eigenvalue weighted by Crippen LogP contribution is -2.57. The smallest absolute Gasteiger partial charge is 0.405 e. The first kappa shape index (κ1) is 34.0. The predicted molar refractivity (Wildman–Crippen MR) is 167 cm³/mol. The van der Waals surface area contributed by atoms with Gasteiger partial charge in [0.25, 0.3) is 11.5 Å². The molecule has 1 unspecified atom stereocenters. The van der Waals surface area contributed by atoms with Gasteiger partial charge in [0.15, 0.2) is 0 Å². The summed E-state index contributed by atoms with van der Waals surface area (Å²) in [5, 5.41) is 15.2. The van der Waals surface area contributed by atoms with Crippen LogP contribution in [0.25, 0.3) is 10.9 Å². The van der Waals surface area contributed by atoms with E-state index < -0.39 is 23.1 Å². The Labute approximate surface area is 256 Å². The predicted octanol–water partition coefficient (Wildman–Crippen LogP) is 4.51. The van der Waals surface area contributed by atoms with Crippen LogP contribution in [0.2, 0.25) is 0 Å². The van der Waals surface area contributed by atoms with Crippen molar-refractivity contribution in [2.75, 3.05) is 33.1 Å². The van der Waals surface area contributed by atoms with E-state index in [1.165, 1.54) is 40.9 Å². The van der Waals surface area contributed by atoms with Crippen LogP contribution in [0.15, 0.2) is 53.5 Å². The molecular formula is C32H42FN5O6. The molecule has 2 heterocycles. The number of amides is 3. The third-order valence-electron chi connectivity index (χ3n) is 7.11. The van der Waals surface area contributed by atoms with Crippen LogP contribution in [0.1, 0.15) is 51.3 Å². The molecule has 0 saturated carbocycles. The summed E-state index contributed by atoms with van der Waals surface area (Å²) in [5.74, 6) is -1.32. The van der Waals surface area contributed by atoms with Crippen LogP contribution in [0, 0.1) is 11.2 Å². The molecule has 0 spiro atoms. The number of nitrogens with zero attached hydrogens (tertiary/aromatic N) is 2. The number of rotatable bonds is 13. The maximum absolute atomic E-state index is 14.4. The van der Waals surface area contributed by atoms with E-state index in [1.807, 2.05) is 0 Å². The number of pyridine rings is 1. The molecule has 11 nitrogen and oxygen atoms in total. The maximum Gasteiger partial charge on any atom is 0.405 e. The lowest BCUT2D eigenvalue weighted by atomic mass is 9.87. The number of hydrogen-bond donors (Lipinski definition) is 4. The number of hydrogen-bond acceptors (Lipinski definition) is 5. The Kier molecular flexibility index (Phi) is 11.1. The molecule has 0 radical (unpaired) electrons. The number of H-pyrrole nitrogens is 1. The van der Waals surface area contributed by atoms with Gasteiger partial charge in [-0.15, -0.1) is 0 Å². The first-order valence-corrected chi connectivity index (χ1v) is 14.3. The number of nitrogens with one attached hydrogen (secondary N) is 3. The quantitative estimate of drug-likeness (QED) is 0.209. The number of likely N-dealkylation sites (N-methyl/N-ethyl adjacent to an activating group) is 1. The van der Waals surface area contributed by atoms with Gasteiger partial charge in [0, 0.05) is 57.0 Å². The van der Waals surface area contributed by atoms with Crippen molar-refractivity contribution in [3.63, 3.8) is 0 Å². The van der Waals surface area contributed by atoms with Crippen LogP contribution < -0.4 is 16.2 Å². The molecule has 238 valence electrons. The molecule has 1 atom stereocenters. The fourth-order valence-electron chi connectivity index (χ4n) is 4.99. The standard InChI is InChI=1S/C32H42FN5O6/c1-31(2,3)19-22-17-23(33)16-21-18-24(34-27(21)22)20-38-14-9-10-25(28(38)40)35-29(41)32(13-15-44-6,36-30(42)43)12-8-7-11-26(39)37(4)5/h7,9-11,14,16-18,34,36H,8,12-13,15,19-20H2,1-6H3,(H,35,41)(H,42,43). The Morgan fingerprint density at radius 3 is 2.52 bits per heavy atom. The van der Waals surface area contributed by atoms with E-state index in [9.17, 15) is 28.7 Å². The van der Waals surface area contributed by atoms with Crippen molar-refractivity contribution < 1.29 is 28.6 Å². The number of carbonyl (C=O) groups excluding carboxylic acids is 2. The van der Waals surface area contributed by atoms with Crippen molar-refractivity contribution in [1.29, 1.82) is 0 Å². The Hall–Kier alpha value is -4.45. The van der Waals surface area contributed by atoms with Gasteiger partial charge >= 0.3 is 6.09 Å². The number of allylic oxidation sites excluding steroid dienone is 1. The highest BCUT2D eigenvalue weighted by atomic mass is 19.1. The molecule has 1 aromatic carbocycles. The Bertz CT molecular complexity index is 1590. The molecule has 0 saturated heterocycles. The SMILES string of the molecule is COCCC(CCC=CC(=O)N(C)C)(NC(=O)O)C(=O)Nc1cccn(Cc2cc3cc(F)cc(CC(C)(C)C)c3[nH]2)c1=O. The summed E-state index contributed by atoms with van der Waals surface area (Å²) in [5.41, 5.74) is 0.0548. The van der Waals surface area contributed by atoms with Gasteiger partial charge in [-0.25, -0.2) is 9.18 Å². The third-order valence-corrected chi connectivity index (χ3v) is 7.11. The van der Waals surface area contributed by atoms with Crippen molar-refractivity contribution in [3.8, 4) is 0 Å². The number of carboxylic acid groups (broad SMARTS) is 1. The Morgan fingerprint density at radius 1 is 1.16 bits per heavy atom. The van der Waals surface area contributed by atoms with Crippen LogP contribution >= 0.6 is 0 Å². The number of methoxy groups -OCH3 is 1. The van der Waals surface area contributed by atoms with Gasteiger partial charge in [-0.3, -0.25) is 14.4 Å². The van der Waals surface area contributed by atoms with Crippen molar-refractivity contribution >= 4 is 34.5 Å². The van der Waals surface area contributed by atoms with E-state index in [0.29, 0.717) is 17.5 Å². The van der Waals surface area contributed by atoms with E-state index in [1.54, 1.807) is 38.5 Å². The van der Waals surface area contributed by atoms with Crippen LogP contribution in [-0.2, 0) is 27.3 Å². The molecule has 0 aliphatic heterocycles. The van der Waals surface area contributed by atoms with Crippen molar-refractivity contribution in [2.24, 2.45) is 5.41 Å². The zero-order valence-corrected chi connectivity index (χ0v) is 26.1. The van der Waals surface area contributed by atoms with Crippen molar-refractivity contribution in [3.05, 3.63) is 76.1 Å². The number of aromatic amines is 1. The molecule has 0 aliphatic carbocycles.